The van der Waals surface area contributed by atoms with E-state index in [9.17, 15) is 4.79 Å². The Labute approximate surface area is 209 Å². The first-order valence-electron chi connectivity index (χ1n) is 12.2. The van der Waals surface area contributed by atoms with Crippen LogP contribution in [0.4, 0.5) is 5.69 Å². The van der Waals surface area contributed by atoms with Crippen LogP contribution < -0.4 is 15.0 Å². The average molecular weight is 486 g/mol. The second-order valence-corrected chi connectivity index (χ2v) is 8.80. The van der Waals surface area contributed by atoms with Crippen molar-refractivity contribution in [1.82, 2.24) is 10.2 Å². The lowest BCUT2D eigenvalue weighted by Gasteiger charge is -2.34. The van der Waals surface area contributed by atoms with E-state index in [1.165, 1.54) is 0 Å². The fourth-order valence-corrected chi connectivity index (χ4v) is 4.27. The van der Waals surface area contributed by atoms with Crippen LogP contribution in [0.1, 0.15) is 41.7 Å². The molecule has 2 atom stereocenters. The van der Waals surface area contributed by atoms with Crippen LogP contribution in [0.2, 0.25) is 0 Å². The number of nitrogens with one attached hydrogen (secondary N) is 1. The number of amides is 1. The number of likely N-dealkylation sites (N-methyl/N-ethyl adjacent to an activating group) is 1. The smallest absolute Gasteiger partial charge is 0.251 e. The maximum Gasteiger partial charge on any atom is 0.251 e. The topological polar surface area (TPSA) is 72.5 Å². The van der Waals surface area contributed by atoms with Crippen LogP contribution in [-0.4, -0.2) is 77.9 Å². The lowest BCUT2D eigenvalue weighted by atomic mass is 10.0. The highest BCUT2D eigenvalue weighted by Crippen LogP contribution is 2.30. The zero-order chi connectivity index (χ0) is 25.0. The Morgan fingerprint density at radius 2 is 1.91 bits per heavy atom. The van der Waals surface area contributed by atoms with E-state index in [4.69, 9.17) is 18.9 Å². The van der Waals surface area contributed by atoms with Gasteiger partial charge in [-0.15, -0.1) is 0 Å². The van der Waals surface area contributed by atoms with Crippen LogP contribution in [0.3, 0.4) is 0 Å². The summed E-state index contributed by atoms with van der Waals surface area (Å²) >= 11 is 0. The second-order valence-electron chi connectivity index (χ2n) is 8.80. The fraction of sp³-hybridized carbons (Fsp3) is 0.519. The molecule has 1 aliphatic rings. The molecule has 0 bridgehead atoms. The Morgan fingerprint density at radius 3 is 2.63 bits per heavy atom. The Morgan fingerprint density at radius 1 is 1.14 bits per heavy atom. The fourth-order valence-electron chi connectivity index (χ4n) is 4.27. The number of rotatable bonds is 14. The largest absolute Gasteiger partial charge is 0.468 e. The molecule has 8 heteroatoms. The van der Waals surface area contributed by atoms with Crippen molar-refractivity contribution in [3.63, 3.8) is 0 Å². The number of nitrogens with zero attached hydrogens (tertiary/aromatic N) is 2. The van der Waals surface area contributed by atoms with Gasteiger partial charge in [0.1, 0.15) is 12.5 Å². The van der Waals surface area contributed by atoms with Crippen molar-refractivity contribution in [2.45, 2.75) is 31.9 Å². The predicted molar refractivity (Wildman–Crippen MR) is 137 cm³/mol. The van der Waals surface area contributed by atoms with Crippen LogP contribution >= 0.6 is 0 Å². The number of carbonyl (C=O) groups is 1. The molecular formula is C27H39N3O5. The molecule has 0 saturated carbocycles. The molecule has 1 fully saturated rings. The first kappa shape index (κ1) is 26.9. The molecule has 2 unspecified atom stereocenters. The molecule has 192 valence electrons. The van der Waals surface area contributed by atoms with Gasteiger partial charge in [-0.25, -0.2) is 0 Å². The lowest BCUT2D eigenvalue weighted by Crippen LogP contribution is -2.36. The van der Waals surface area contributed by atoms with Crippen LogP contribution in [-0.2, 0) is 14.2 Å². The van der Waals surface area contributed by atoms with Gasteiger partial charge in [0.25, 0.3) is 5.91 Å². The minimum Gasteiger partial charge on any atom is -0.468 e. The first-order valence-corrected chi connectivity index (χ1v) is 12.2. The van der Waals surface area contributed by atoms with E-state index in [0.717, 1.165) is 49.5 Å². The number of carbonyl (C=O) groups excluding carboxylic acids is 1. The van der Waals surface area contributed by atoms with Gasteiger partial charge in [0.2, 0.25) is 0 Å². The number of hydrogen-bond acceptors (Lipinski definition) is 7. The molecule has 0 aliphatic carbocycles. The SMILES string of the molecule is CCCNC(=O)c1ccc(N(C)C(CN2CCC(OCOC)C2)c2cccc(OCOC)c2)cc1. The number of likely N-dealkylation sites (tertiary alicyclic amines) is 1. The van der Waals surface area contributed by atoms with Crippen molar-refractivity contribution in [3.8, 4) is 5.75 Å². The van der Waals surface area contributed by atoms with E-state index in [1.807, 2.05) is 43.3 Å². The minimum absolute atomic E-state index is 0.0419. The highest BCUT2D eigenvalue weighted by atomic mass is 16.7. The molecule has 1 amide bonds. The van der Waals surface area contributed by atoms with Crippen molar-refractivity contribution in [1.29, 1.82) is 0 Å². The summed E-state index contributed by atoms with van der Waals surface area (Å²) in [6, 6.07) is 16.0. The van der Waals surface area contributed by atoms with Crippen molar-refractivity contribution < 1.29 is 23.7 Å². The molecule has 35 heavy (non-hydrogen) atoms. The van der Waals surface area contributed by atoms with Crippen LogP contribution in [0.25, 0.3) is 0 Å². The molecule has 1 N–H and O–H groups in total. The zero-order valence-corrected chi connectivity index (χ0v) is 21.4. The zero-order valence-electron chi connectivity index (χ0n) is 21.4. The van der Waals surface area contributed by atoms with Gasteiger partial charge in [0.15, 0.2) is 6.79 Å². The third-order valence-corrected chi connectivity index (χ3v) is 6.21. The molecule has 3 rings (SSSR count). The standard InChI is InChI=1S/C27H39N3O5/c1-5-14-28-27(31)21-9-11-23(12-10-21)29(2)26(18-30-15-13-25(17-30)35-20-33-4)22-7-6-8-24(16-22)34-19-32-3/h6-12,16,25-26H,5,13-15,17-20H2,1-4H3,(H,28,31). The number of ether oxygens (including phenoxy) is 4. The Bertz CT molecular complexity index is 908. The van der Waals surface area contributed by atoms with Gasteiger partial charge in [0, 0.05) is 58.7 Å². The van der Waals surface area contributed by atoms with E-state index in [0.29, 0.717) is 18.9 Å². The highest BCUT2D eigenvalue weighted by Gasteiger charge is 2.28. The van der Waals surface area contributed by atoms with Gasteiger partial charge < -0.3 is 29.2 Å². The molecule has 2 aromatic rings. The molecule has 1 saturated heterocycles. The Hall–Kier alpha value is -2.65. The number of benzene rings is 2. The molecule has 0 spiro atoms. The molecule has 1 heterocycles. The van der Waals surface area contributed by atoms with Crippen molar-refractivity contribution in [2.75, 3.05) is 65.9 Å². The molecular weight excluding hydrogens is 446 g/mol. The van der Waals surface area contributed by atoms with Crippen molar-refractivity contribution >= 4 is 11.6 Å². The monoisotopic (exact) mass is 485 g/mol. The summed E-state index contributed by atoms with van der Waals surface area (Å²) in [6.07, 6.45) is 2.08. The normalized spacial score (nSPS) is 16.7. The summed E-state index contributed by atoms with van der Waals surface area (Å²) in [5.74, 6) is 0.730. The third kappa shape index (κ3) is 7.93. The van der Waals surface area contributed by atoms with Crippen molar-refractivity contribution in [3.05, 3.63) is 59.7 Å². The summed E-state index contributed by atoms with van der Waals surface area (Å²) in [5, 5.41) is 2.93. The summed E-state index contributed by atoms with van der Waals surface area (Å²) in [4.78, 5) is 17.0. The van der Waals surface area contributed by atoms with Gasteiger partial charge in [-0.1, -0.05) is 19.1 Å². The molecule has 2 aromatic carbocycles. The number of methoxy groups -OCH3 is 2. The van der Waals surface area contributed by atoms with E-state index in [-0.39, 0.29) is 24.8 Å². The maximum atomic E-state index is 12.3. The second kappa shape index (κ2) is 14.0. The maximum absolute atomic E-state index is 12.3. The summed E-state index contributed by atoms with van der Waals surface area (Å²) in [7, 11) is 5.35. The summed E-state index contributed by atoms with van der Waals surface area (Å²) < 4.78 is 21.6. The van der Waals surface area contributed by atoms with Crippen LogP contribution in [0, 0.1) is 0 Å². The van der Waals surface area contributed by atoms with Gasteiger partial charge in [-0.05, 0) is 54.8 Å². The van der Waals surface area contributed by atoms with Crippen LogP contribution in [0.5, 0.6) is 5.75 Å². The van der Waals surface area contributed by atoms with E-state index in [1.54, 1.807) is 14.2 Å². The molecule has 8 nitrogen and oxygen atoms in total. The summed E-state index contributed by atoms with van der Waals surface area (Å²) in [6.45, 7) is 5.90. The molecule has 0 aromatic heterocycles. The van der Waals surface area contributed by atoms with Gasteiger partial charge in [-0.3, -0.25) is 9.69 Å². The predicted octanol–water partition coefficient (Wildman–Crippen LogP) is 3.68. The van der Waals surface area contributed by atoms with Gasteiger partial charge >= 0.3 is 0 Å². The van der Waals surface area contributed by atoms with E-state index < -0.39 is 0 Å². The van der Waals surface area contributed by atoms with Gasteiger partial charge in [0.05, 0.1) is 12.1 Å². The summed E-state index contributed by atoms with van der Waals surface area (Å²) in [5.41, 5.74) is 2.85. The highest BCUT2D eigenvalue weighted by molar-refractivity contribution is 5.94. The van der Waals surface area contributed by atoms with Crippen molar-refractivity contribution in [2.24, 2.45) is 0 Å². The van der Waals surface area contributed by atoms with E-state index >= 15 is 0 Å². The Kier molecular flexibility index (Phi) is 10.8. The number of anilines is 1. The minimum atomic E-state index is -0.0419. The Balaban J connectivity index is 1.79. The molecule has 0 radical (unpaired) electrons. The third-order valence-electron chi connectivity index (χ3n) is 6.21. The van der Waals surface area contributed by atoms with Crippen LogP contribution in [0.15, 0.2) is 48.5 Å². The quantitative estimate of drug-likeness (QED) is 0.409. The van der Waals surface area contributed by atoms with E-state index in [2.05, 4.69) is 34.3 Å². The first-order chi connectivity index (χ1) is 17.0. The molecule has 1 aliphatic heterocycles. The number of hydrogen-bond donors (Lipinski definition) is 1. The lowest BCUT2D eigenvalue weighted by molar-refractivity contribution is -0.0671. The van der Waals surface area contributed by atoms with Gasteiger partial charge in [-0.2, -0.15) is 0 Å². The average Bonchev–Trinajstić information content (AvgIpc) is 3.35.